The summed E-state index contributed by atoms with van der Waals surface area (Å²) in [5.41, 5.74) is 5.24. The first-order valence-corrected chi connectivity index (χ1v) is 11.7. The maximum atomic E-state index is 13.0. The van der Waals surface area contributed by atoms with Crippen molar-refractivity contribution in [3.63, 3.8) is 0 Å². The molecule has 0 bridgehead atoms. The Morgan fingerprint density at radius 3 is 2.78 bits per heavy atom. The number of carbonyl (C=O) groups is 1. The monoisotopic (exact) mass is 443 g/mol. The number of aromatic nitrogens is 3. The molecule has 2 aromatic carbocycles. The largest absolute Gasteiger partial charge is 0.354 e. The van der Waals surface area contributed by atoms with Crippen LogP contribution in [0.15, 0.2) is 54.6 Å². The van der Waals surface area contributed by atoms with Gasteiger partial charge in [-0.15, -0.1) is 10.2 Å². The highest BCUT2D eigenvalue weighted by atomic mass is 32.1. The summed E-state index contributed by atoms with van der Waals surface area (Å²) in [6.07, 6.45) is 1.80. The van der Waals surface area contributed by atoms with E-state index in [2.05, 4.69) is 57.4 Å². The van der Waals surface area contributed by atoms with Crippen LogP contribution in [0, 0.1) is 19.8 Å². The lowest BCUT2D eigenvalue weighted by Crippen LogP contribution is -2.41. The fourth-order valence-electron chi connectivity index (χ4n) is 4.19. The van der Waals surface area contributed by atoms with Gasteiger partial charge in [-0.3, -0.25) is 4.79 Å². The first-order chi connectivity index (χ1) is 15.6. The molecule has 162 valence electrons. The predicted octanol–water partition coefficient (Wildman–Crippen LogP) is 5.23. The number of aryl methyl sites for hydroxylation is 2. The van der Waals surface area contributed by atoms with E-state index in [9.17, 15) is 4.79 Å². The summed E-state index contributed by atoms with van der Waals surface area (Å²) in [4.78, 5) is 19.7. The van der Waals surface area contributed by atoms with E-state index in [0.717, 1.165) is 46.7 Å². The normalized spacial score (nSPS) is 16.3. The number of amides is 1. The number of hydrogen-bond acceptors (Lipinski definition) is 6. The summed E-state index contributed by atoms with van der Waals surface area (Å²) < 4.78 is 1.09. The number of anilines is 2. The topological polar surface area (TPSA) is 71.0 Å². The average Bonchev–Trinajstić information content (AvgIpc) is 3.21. The van der Waals surface area contributed by atoms with Gasteiger partial charge in [-0.1, -0.05) is 41.7 Å². The summed E-state index contributed by atoms with van der Waals surface area (Å²) in [5, 5.41) is 12.6. The van der Waals surface area contributed by atoms with E-state index >= 15 is 0 Å². The van der Waals surface area contributed by atoms with Crippen molar-refractivity contribution < 1.29 is 4.79 Å². The number of piperidine rings is 1. The fraction of sp³-hybridized carbons (Fsp3) is 0.280. The van der Waals surface area contributed by atoms with Crippen molar-refractivity contribution in [3.05, 3.63) is 65.7 Å². The molecule has 0 radical (unpaired) electrons. The van der Waals surface area contributed by atoms with Gasteiger partial charge in [-0.2, -0.15) is 0 Å². The van der Waals surface area contributed by atoms with Gasteiger partial charge in [-0.05, 0) is 62.1 Å². The van der Waals surface area contributed by atoms with Crippen LogP contribution in [0.1, 0.15) is 24.0 Å². The van der Waals surface area contributed by atoms with E-state index in [-0.39, 0.29) is 11.8 Å². The van der Waals surface area contributed by atoms with Gasteiger partial charge in [0.1, 0.15) is 0 Å². The van der Waals surface area contributed by atoms with Crippen molar-refractivity contribution >= 4 is 38.4 Å². The number of thiazole rings is 1. The van der Waals surface area contributed by atoms with E-state index in [4.69, 9.17) is 0 Å². The molecule has 4 aromatic rings. The minimum absolute atomic E-state index is 0.0231. The number of rotatable bonds is 4. The lowest BCUT2D eigenvalue weighted by Gasteiger charge is -2.32. The molecule has 6 nitrogen and oxygen atoms in total. The number of benzene rings is 2. The quantitative estimate of drug-likeness (QED) is 0.468. The SMILES string of the molecule is Cc1ccc2nc(NC(=O)C3CCCN(c4ccc(-c5ccccc5C)nn4)C3)sc2c1. The molecule has 0 aliphatic carbocycles. The maximum absolute atomic E-state index is 13.0. The summed E-state index contributed by atoms with van der Waals surface area (Å²) in [7, 11) is 0. The second-order valence-corrected chi connectivity index (χ2v) is 9.39. The fourth-order valence-corrected chi connectivity index (χ4v) is 5.16. The molecule has 1 aliphatic heterocycles. The van der Waals surface area contributed by atoms with Crippen molar-refractivity contribution in [3.8, 4) is 11.3 Å². The first kappa shape index (κ1) is 20.6. The lowest BCUT2D eigenvalue weighted by molar-refractivity contribution is -0.120. The van der Waals surface area contributed by atoms with Gasteiger partial charge >= 0.3 is 0 Å². The molecule has 1 saturated heterocycles. The van der Waals surface area contributed by atoms with Gasteiger partial charge in [0.15, 0.2) is 10.9 Å². The smallest absolute Gasteiger partial charge is 0.231 e. The van der Waals surface area contributed by atoms with Crippen LogP contribution in [-0.2, 0) is 4.79 Å². The highest BCUT2D eigenvalue weighted by Crippen LogP contribution is 2.29. The predicted molar refractivity (Wildman–Crippen MR) is 130 cm³/mol. The van der Waals surface area contributed by atoms with Crippen molar-refractivity contribution in [1.29, 1.82) is 0 Å². The van der Waals surface area contributed by atoms with Crippen molar-refractivity contribution in [2.75, 3.05) is 23.3 Å². The molecule has 1 fully saturated rings. The Morgan fingerprint density at radius 1 is 1.09 bits per heavy atom. The minimum atomic E-state index is -0.102. The molecule has 5 rings (SSSR count). The third-order valence-electron chi connectivity index (χ3n) is 5.96. The van der Waals surface area contributed by atoms with Crippen LogP contribution in [0.2, 0.25) is 0 Å². The molecule has 7 heteroatoms. The minimum Gasteiger partial charge on any atom is -0.354 e. The Hall–Kier alpha value is -3.32. The zero-order valence-corrected chi connectivity index (χ0v) is 19.0. The van der Waals surface area contributed by atoms with E-state index in [1.807, 2.05) is 36.4 Å². The summed E-state index contributed by atoms with van der Waals surface area (Å²) in [5.74, 6) is 0.737. The molecule has 1 unspecified atom stereocenters. The zero-order chi connectivity index (χ0) is 22.1. The molecule has 1 atom stereocenters. The Labute approximate surface area is 191 Å². The van der Waals surface area contributed by atoms with Crippen molar-refractivity contribution in [2.45, 2.75) is 26.7 Å². The molecule has 32 heavy (non-hydrogen) atoms. The third kappa shape index (κ3) is 4.21. The molecular formula is C25H25N5OS. The standard InChI is InChI=1S/C25H25N5OS/c1-16-9-10-21-22(14-16)32-25(26-21)27-24(31)18-7-5-13-30(15-18)23-12-11-20(28-29-23)19-8-4-3-6-17(19)2/h3-4,6,8-12,14,18H,5,7,13,15H2,1-2H3,(H,26,27,31). The highest BCUT2D eigenvalue weighted by Gasteiger charge is 2.27. The van der Waals surface area contributed by atoms with Crippen LogP contribution in [-0.4, -0.2) is 34.2 Å². The molecule has 1 aliphatic rings. The second-order valence-electron chi connectivity index (χ2n) is 8.36. The molecule has 2 aromatic heterocycles. The van der Waals surface area contributed by atoms with Crippen molar-refractivity contribution in [1.82, 2.24) is 15.2 Å². The van der Waals surface area contributed by atoms with Crippen LogP contribution in [0.25, 0.3) is 21.5 Å². The summed E-state index contributed by atoms with van der Waals surface area (Å²) >= 11 is 1.52. The molecule has 0 spiro atoms. The summed E-state index contributed by atoms with van der Waals surface area (Å²) in [6, 6.07) is 18.3. The molecular weight excluding hydrogens is 418 g/mol. The van der Waals surface area contributed by atoms with Crippen molar-refractivity contribution in [2.24, 2.45) is 5.92 Å². The second kappa shape index (κ2) is 8.67. The zero-order valence-electron chi connectivity index (χ0n) is 18.2. The van der Waals surface area contributed by atoms with Crippen LogP contribution in [0.5, 0.6) is 0 Å². The van der Waals surface area contributed by atoms with Crippen LogP contribution >= 0.6 is 11.3 Å². The van der Waals surface area contributed by atoms with E-state index in [1.54, 1.807) is 0 Å². The Balaban J connectivity index is 1.27. The van der Waals surface area contributed by atoms with E-state index < -0.39 is 0 Å². The van der Waals surface area contributed by atoms with Gasteiger partial charge in [0, 0.05) is 18.7 Å². The van der Waals surface area contributed by atoms with Crippen LogP contribution in [0.3, 0.4) is 0 Å². The number of nitrogens with one attached hydrogen (secondary N) is 1. The van der Waals surface area contributed by atoms with Gasteiger partial charge in [0.05, 0.1) is 21.8 Å². The number of nitrogens with zero attached hydrogens (tertiary/aromatic N) is 4. The van der Waals surface area contributed by atoms with Gasteiger partial charge in [0.25, 0.3) is 0 Å². The molecule has 1 N–H and O–H groups in total. The maximum Gasteiger partial charge on any atom is 0.231 e. The summed E-state index contributed by atoms with van der Waals surface area (Å²) in [6.45, 7) is 5.65. The molecule has 0 saturated carbocycles. The van der Waals surface area contributed by atoms with E-state index in [1.165, 1.54) is 22.5 Å². The van der Waals surface area contributed by atoms with Gasteiger partial charge < -0.3 is 10.2 Å². The average molecular weight is 444 g/mol. The van der Waals surface area contributed by atoms with Crippen LogP contribution in [0.4, 0.5) is 10.9 Å². The third-order valence-corrected chi connectivity index (χ3v) is 6.90. The van der Waals surface area contributed by atoms with Gasteiger partial charge in [0.2, 0.25) is 5.91 Å². The van der Waals surface area contributed by atoms with Gasteiger partial charge in [-0.25, -0.2) is 4.98 Å². The van der Waals surface area contributed by atoms with E-state index in [0.29, 0.717) is 11.7 Å². The van der Waals surface area contributed by atoms with Crippen LogP contribution < -0.4 is 10.2 Å². The molecule has 3 heterocycles. The number of carbonyl (C=O) groups excluding carboxylic acids is 1. The molecule has 1 amide bonds. The number of hydrogen-bond donors (Lipinski definition) is 1. The Morgan fingerprint density at radius 2 is 1.97 bits per heavy atom. The first-order valence-electron chi connectivity index (χ1n) is 10.9. The lowest BCUT2D eigenvalue weighted by atomic mass is 9.97. The Kier molecular flexibility index (Phi) is 5.57. The number of fused-ring (bicyclic) bond motifs is 1. The Bertz CT molecular complexity index is 1270. The highest BCUT2D eigenvalue weighted by molar-refractivity contribution is 7.22.